The van der Waals surface area contributed by atoms with Gasteiger partial charge in [0.15, 0.2) is 5.96 Å². The van der Waals surface area contributed by atoms with Crippen molar-refractivity contribution in [2.75, 3.05) is 33.7 Å². The number of benzene rings is 1. The second-order valence-corrected chi connectivity index (χ2v) is 9.87. The summed E-state index contributed by atoms with van der Waals surface area (Å²) in [5.41, 5.74) is 2.78. The minimum atomic E-state index is 0. The third kappa shape index (κ3) is 6.81. The highest BCUT2D eigenvalue weighted by Crippen LogP contribution is 2.32. The fourth-order valence-electron chi connectivity index (χ4n) is 5.66. The molecule has 6 heteroatoms. The number of guanidine groups is 1. The minimum Gasteiger partial charge on any atom is -0.356 e. The van der Waals surface area contributed by atoms with Crippen molar-refractivity contribution in [3.63, 3.8) is 0 Å². The SMILES string of the molecule is CN=C(NCC1CCN(Cc2ccc(C)cc2)CC1)NC1CC2CCCC(C1)N2C.I. The number of nitrogens with one attached hydrogen (secondary N) is 2. The van der Waals surface area contributed by atoms with Crippen LogP contribution in [0.15, 0.2) is 29.3 Å². The van der Waals surface area contributed by atoms with E-state index in [1.54, 1.807) is 0 Å². The second-order valence-electron chi connectivity index (χ2n) is 9.87. The highest BCUT2D eigenvalue weighted by Gasteiger charge is 2.36. The summed E-state index contributed by atoms with van der Waals surface area (Å²) in [6, 6.07) is 11.1. The van der Waals surface area contributed by atoms with Crippen LogP contribution in [-0.2, 0) is 6.54 Å². The van der Waals surface area contributed by atoms with Crippen molar-refractivity contribution in [2.45, 2.75) is 76.5 Å². The fraction of sp³-hybridized carbons (Fsp3) is 0.720. The lowest BCUT2D eigenvalue weighted by Crippen LogP contribution is -2.57. The molecule has 2 atom stereocenters. The van der Waals surface area contributed by atoms with E-state index in [9.17, 15) is 0 Å². The Morgan fingerprint density at radius 1 is 1.03 bits per heavy atom. The molecule has 0 spiro atoms. The number of hydrogen-bond acceptors (Lipinski definition) is 3. The van der Waals surface area contributed by atoms with Crippen LogP contribution in [0.25, 0.3) is 0 Å². The molecule has 2 bridgehead atoms. The quantitative estimate of drug-likeness (QED) is 0.337. The van der Waals surface area contributed by atoms with Crippen molar-refractivity contribution < 1.29 is 0 Å². The Hall–Kier alpha value is -0.860. The van der Waals surface area contributed by atoms with Gasteiger partial charge < -0.3 is 15.5 Å². The lowest BCUT2D eigenvalue weighted by atomic mass is 9.82. The van der Waals surface area contributed by atoms with Gasteiger partial charge in [0.2, 0.25) is 0 Å². The number of fused-ring (bicyclic) bond motifs is 2. The first-order chi connectivity index (χ1) is 14.6. The fourth-order valence-corrected chi connectivity index (χ4v) is 5.66. The Kier molecular flexibility index (Phi) is 9.47. The molecule has 31 heavy (non-hydrogen) atoms. The third-order valence-corrected chi connectivity index (χ3v) is 7.70. The Labute approximate surface area is 206 Å². The van der Waals surface area contributed by atoms with Crippen molar-refractivity contribution >= 4 is 29.9 Å². The Morgan fingerprint density at radius 3 is 2.29 bits per heavy atom. The first-order valence-electron chi connectivity index (χ1n) is 12.1. The highest BCUT2D eigenvalue weighted by molar-refractivity contribution is 14.0. The summed E-state index contributed by atoms with van der Waals surface area (Å²) >= 11 is 0. The van der Waals surface area contributed by atoms with Gasteiger partial charge in [0, 0.05) is 38.3 Å². The standard InChI is InChI=1S/C25H41N5.HI/c1-19-7-9-21(10-8-19)18-30-13-11-20(12-14-30)17-27-25(26-2)28-22-15-23-5-4-6-24(16-22)29(23)3;/h7-10,20,22-24H,4-6,11-18H2,1-3H3,(H2,26,27,28);1H. The second kappa shape index (κ2) is 11.8. The number of aliphatic imine (C=N–C) groups is 1. The molecule has 0 aliphatic carbocycles. The summed E-state index contributed by atoms with van der Waals surface area (Å²) in [6.07, 6.45) is 9.18. The van der Waals surface area contributed by atoms with Gasteiger partial charge in [0.1, 0.15) is 0 Å². The average molecular weight is 540 g/mol. The molecular weight excluding hydrogens is 497 g/mol. The number of halogens is 1. The molecule has 1 aromatic carbocycles. The molecule has 5 nitrogen and oxygen atoms in total. The number of hydrogen-bond donors (Lipinski definition) is 2. The zero-order valence-electron chi connectivity index (χ0n) is 19.6. The molecule has 1 aromatic rings. The van der Waals surface area contributed by atoms with Gasteiger partial charge in [-0.05, 0) is 77.1 Å². The van der Waals surface area contributed by atoms with Crippen LogP contribution in [0, 0.1) is 12.8 Å². The van der Waals surface area contributed by atoms with Crippen LogP contribution in [-0.4, -0.2) is 67.6 Å². The van der Waals surface area contributed by atoms with Crippen molar-refractivity contribution in [1.29, 1.82) is 0 Å². The average Bonchev–Trinajstić information content (AvgIpc) is 2.74. The molecule has 0 amide bonds. The predicted molar refractivity (Wildman–Crippen MR) is 141 cm³/mol. The van der Waals surface area contributed by atoms with E-state index in [0.717, 1.165) is 37.1 Å². The van der Waals surface area contributed by atoms with Crippen LogP contribution in [0.5, 0.6) is 0 Å². The normalized spacial score (nSPS) is 28.1. The van der Waals surface area contributed by atoms with Crippen LogP contribution in [0.1, 0.15) is 56.1 Å². The van der Waals surface area contributed by atoms with E-state index in [0.29, 0.717) is 6.04 Å². The van der Waals surface area contributed by atoms with E-state index >= 15 is 0 Å². The van der Waals surface area contributed by atoms with Crippen LogP contribution in [0.3, 0.4) is 0 Å². The largest absolute Gasteiger partial charge is 0.356 e. The molecule has 3 aliphatic heterocycles. The first-order valence-corrected chi connectivity index (χ1v) is 12.1. The predicted octanol–water partition coefficient (Wildman–Crippen LogP) is 4.01. The maximum Gasteiger partial charge on any atom is 0.191 e. The van der Waals surface area contributed by atoms with Gasteiger partial charge in [0.05, 0.1) is 0 Å². The zero-order valence-corrected chi connectivity index (χ0v) is 22.0. The van der Waals surface area contributed by atoms with Gasteiger partial charge in [-0.1, -0.05) is 36.2 Å². The number of aryl methyl sites for hydroxylation is 1. The molecule has 0 radical (unpaired) electrons. The van der Waals surface area contributed by atoms with Gasteiger partial charge in [0.25, 0.3) is 0 Å². The van der Waals surface area contributed by atoms with E-state index in [2.05, 4.69) is 63.7 Å². The number of rotatable bonds is 5. The molecule has 3 saturated heterocycles. The lowest BCUT2D eigenvalue weighted by Gasteiger charge is -2.47. The molecule has 4 rings (SSSR count). The zero-order chi connectivity index (χ0) is 20.9. The molecule has 3 fully saturated rings. The smallest absolute Gasteiger partial charge is 0.191 e. The van der Waals surface area contributed by atoms with Gasteiger partial charge in [-0.3, -0.25) is 9.89 Å². The molecule has 0 aromatic heterocycles. The number of likely N-dealkylation sites (tertiary alicyclic amines) is 1. The molecule has 3 heterocycles. The Morgan fingerprint density at radius 2 is 1.68 bits per heavy atom. The maximum atomic E-state index is 4.53. The molecule has 2 unspecified atom stereocenters. The van der Waals surface area contributed by atoms with Gasteiger partial charge in [-0.25, -0.2) is 0 Å². The van der Waals surface area contributed by atoms with E-state index in [1.807, 2.05) is 7.05 Å². The lowest BCUT2D eigenvalue weighted by molar-refractivity contribution is 0.0526. The first kappa shape index (κ1) is 24.8. The maximum absolute atomic E-state index is 4.53. The summed E-state index contributed by atoms with van der Waals surface area (Å²) in [7, 11) is 4.23. The number of nitrogens with zero attached hydrogens (tertiary/aromatic N) is 3. The van der Waals surface area contributed by atoms with Crippen molar-refractivity contribution in [3.05, 3.63) is 35.4 Å². The van der Waals surface area contributed by atoms with Gasteiger partial charge in [-0.15, -0.1) is 24.0 Å². The van der Waals surface area contributed by atoms with E-state index in [-0.39, 0.29) is 24.0 Å². The van der Waals surface area contributed by atoms with Crippen LogP contribution in [0.4, 0.5) is 0 Å². The molecule has 2 N–H and O–H groups in total. The third-order valence-electron chi connectivity index (χ3n) is 7.70. The van der Waals surface area contributed by atoms with Crippen molar-refractivity contribution in [3.8, 4) is 0 Å². The van der Waals surface area contributed by atoms with E-state index < -0.39 is 0 Å². The van der Waals surface area contributed by atoms with Gasteiger partial charge >= 0.3 is 0 Å². The van der Waals surface area contributed by atoms with E-state index in [1.165, 1.54) is 69.2 Å². The van der Waals surface area contributed by atoms with Gasteiger partial charge in [-0.2, -0.15) is 0 Å². The molecule has 0 saturated carbocycles. The monoisotopic (exact) mass is 539 g/mol. The van der Waals surface area contributed by atoms with Crippen LogP contribution < -0.4 is 10.6 Å². The van der Waals surface area contributed by atoms with Crippen LogP contribution >= 0.6 is 24.0 Å². The summed E-state index contributed by atoms with van der Waals surface area (Å²) in [5, 5.41) is 7.38. The summed E-state index contributed by atoms with van der Waals surface area (Å²) in [6.45, 7) is 6.68. The summed E-state index contributed by atoms with van der Waals surface area (Å²) < 4.78 is 0. The van der Waals surface area contributed by atoms with E-state index in [4.69, 9.17) is 0 Å². The molecule has 174 valence electrons. The summed E-state index contributed by atoms with van der Waals surface area (Å²) in [5.74, 6) is 1.75. The number of piperidine rings is 3. The molecule has 3 aliphatic rings. The van der Waals surface area contributed by atoms with Crippen LogP contribution in [0.2, 0.25) is 0 Å². The molecular formula is C25H42IN5. The topological polar surface area (TPSA) is 42.9 Å². The van der Waals surface area contributed by atoms with Crippen molar-refractivity contribution in [1.82, 2.24) is 20.4 Å². The summed E-state index contributed by atoms with van der Waals surface area (Å²) in [4.78, 5) is 9.76. The Balaban J connectivity index is 0.00000272. The van der Waals surface area contributed by atoms with Crippen molar-refractivity contribution in [2.24, 2.45) is 10.9 Å². The Bertz CT molecular complexity index is 684. The minimum absolute atomic E-state index is 0. The highest BCUT2D eigenvalue weighted by atomic mass is 127.